The Morgan fingerprint density at radius 3 is 2.67 bits per heavy atom. The van der Waals surface area contributed by atoms with Gasteiger partial charge in [-0.25, -0.2) is 0 Å². The number of nitrogens with zero attached hydrogens (tertiary/aromatic N) is 1. The van der Waals surface area contributed by atoms with Gasteiger partial charge in [-0.1, -0.05) is 29.8 Å². The molecule has 0 radical (unpaired) electrons. The molecule has 21 heavy (non-hydrogen) atoms. The van der Waals surface area contributed by atoms with Crippen molar-refractivity contribution in [3.8, 4) is 5.75 Å². The van der Waals surface area contributed by atoms with E-state index in [2.05, 4.69) is 5.32 Å². The van der Waals surface area contributed by atoms with Crippen molar-refractivity contribution >= 4 is 28.9 Å². The fourth-order valence-electron chi connectivity index (χ4n) is 1.80. The van der Waals surface area contributed by atoms with E-state index < -0.39 is 10.8 Å². The number of rotatable bonds is 4. The molecule has 0 aliphatic carbocycles. The first-order valence-electron chi connectivity index (χ1n) is 5.98. The molecule has 0 aliphatic rings. The van der Waals surface area contributed by atoms with Gasteiger partial charge in [-0.3, -0.25) is 14.9 Å². The Labute approximate surface area is 125 Å². The van der Waals surface area contributed by atoms with Crippen LogP contribution in [0.25, 0.3) is 0 Å². The number of para-hydroxylation sites is 1. The van der Waals surface area contributed by atoms with Crippen LogP contribution < -0.4 is 5.32 Å². The topological polar surface area (TPSA) is 92.5 Å². The first-order chi connectivity index (χ1) is 9.97. The summed E-state index contributed by atoms with van der Waals surface area (Å²) in [6.07, 6.45) is -0.129. The molecule has 0 spiro atoms. The second-order valence-electron chi connectivity index (χ2n) is 4.28. The molecule has 108 valence electrons. The number of hydrogen-bond acceptors (Lipinski definition) is 4. The van der Waals surface area contributed by atoms with E-state index in [1.807, 2.05) is 0 Å². The number of nitrogens with one attached hydrogen (secondary N) is 1. The predicted molar refractivity (Wildman–Crippen MR) is 78.5 cm³/mol. The van der Waals surface area contributed by atoms with Gasteiger partial charge in [0.05, 0.1) is 16.4 Å². The smallest absolute Gasteiger partial charge is 0.273 e. The van der Waals surface area contributed by atoms with Crippen LogP contribution in [0, 0.1) is 10.1 Å². The van der Waals surface area contributed by atoms with Crippen LogP contribution in [0.4, 0.5) is 11.4 Å². The highest BCUT2D eigenvalue weighted by atomic mass is 35.5. The van der Waals surface area contributed by atoms with Gasteiger partial charge in [0.1, 0.15) is 5.75 Å². The highest BCUT2D eigenvalue weighted by Crippen LogP contribution is 2.26. The van der Waals surface area contributed by atoms with Gasteiger partial charge in [-0.15, -0.1) is 0 Å². The van der Waals surface area contributed by atoms with Crippen molar-refractivity contribution in [2.24, 2.45) is 0 Å². The SMILES string of the molecule is O=C(Cc1ccccc1[N+](=O)[O-])Nc1ccc(O)c(Cl)c1. The van der Waals surface area contributed by atoms with Gasteiger partial charge in [-0.05, 0) is 18.2 Å². The fourth-order valence-corrected chi connectivity index (χ4v) is 1.98. The van der Waals surface area contributed by atoms with Crippen molar-refractivity contribution in [1.29, 1.82) is 0 Å². The molecule has 0 fully saturated rings. The molecule has 7 heteroatoms. The molecule has 2 aromatic rings. The fraction of sp³-hybridized carbons (Fsp3) is 0.0714. The average Bonchev–Trinajstić information content (AvgIpc) is 2.43. The molecule has 2 N–H and O–H groups in total. The molecular weight excluding hydrogens is 296 g/mol. The lowest BCUT2D eigenvalue weighted by Crippen LogP contribution is -2.15. The number of anilines is 1. The minimum absolute atomic E-state index is 0.0895. The zero-order chi connectivity index (χ0) is 15.4. The van der Waals surface area contributed by atoms with Crippen LogP contribution in [0.3, 0.4) is 0 Å². The third-order valence-electron chi connectivity index (χ3n) is 2.77. The van der Waals surface area contributed by atoms with E-state index in [1.165, 1.54) is 30.3 Å². The third-order valence-corrected chi connectivity index (χ3v) is 3.07. The highest BCUT2D eigenvalue weighted by Gasteiger charge is 2.15. The molecule has 2 aromatic carbocycles. The van der Waals surface area contributed by atoms with Gasteiger partial charge in [0.25, 0.3) is 5.69 Å². The van der Waals surface area contributed by atoms with Gasteiger partial charge >= 0.3 is 0 Å². The second-order valence-corrected chi connectivity index (χ2v) is 4.68. The number of amides is 1. The number of carbonyl (C=O) groups excluding carboxylic acids is 1. The van der Waals surface area contributed by atoms with Crippen LogP contribution in [0.1, 0.15) is 5.56 Å². The normalized spacial score (nSPS) is 10.1. The Morgan fingerprint density at radius 2 is 2.00 bits per heavy atom. The number of benzene rings is 2. The summed E-state index contributed by atoms with van der Waals surface area (Å²) in [7, 11) is 0. The van der Waals surface area contributed by atoms with Crippen molar-refractivity contribution in [2.75, 3.05) is 5.32 Å². The zero-order valence-electron chi connectivity index (χ0n) is 10.7. The molecule has 0 aliphatic heterocycles. The molecule has 0 saturated carbocycles. The standard InChI is InChI=1S/C14H11ClN2O4/c15-11-8-10(5-6-13(11)18)16-14(19)7-9-3-1-2-4-12(9)17(20)21/h1-6,8,18H,7H2,(H,16,19). The Kier molecular flexibility index (Phi) is 4.39. The molecule has 0 atom stereocenters. The second kappa shape index (κ2) is 6.23. The number of hydrogen-bond donors (Lipinski definition) is 2. The van der Waals surface area contributed by atoms with Gasteiger partial charge in [-0.2, -0.15) is 0 Å². The molecule has 0 saturated heterocycles. The number of halogens is 1. The summed E-state index contributed by atoms with van der Waals surface area (Å²) in [5, 5.41) is 22.8. The van der Waals surface area contributed by atoms with Crippen LogP contribution in [0.5, 0.6) is 5.75 Å². The lowest BCUT2D eigenvalue weighted by Gasteiger charge is -2.07. The van der Waals surface area contributed by atoms with Crippen LogP contribution in [0.2, 0.25) is 5.02 Å². The van der Waals surface area contributed by atoms with Crippen LogP contribution in [-0.2, 0) is 11.2 Å². The average molecular weight is 307 g/mol. The van der Waals surface area contributed by atoms with Gasteiger partial charge < -0.3 is 10.4 Å². The van der Waals surface area contributed by atoms with E-state index in [9.17, 15) is 20.0 Å². The maximum absolute atomic E-state index is 11.9. The molecule has 0 bridgehead atoms. The summed E-state index contributed by atoms with van der Waals surface area (Å²) in [5.74, 6) is -0.501. The first-order valence-corrected chi connectivity index (χ1v) is 6.36. The summed E-state index contributed by atoms with van der Waals surface area (Å²) in [6, 6.07) is 10.3. The first kappa shape index (κ1) is 14.8. The molecule has 6 nitrogen and oxygen atoms in total. The number of nitro benzene ring substituents is 1. The summed E-state index contributed by atoms with van der Waals surface area (Å²) < 4.78 is 0. The number of aromatic hydroxyl groups is 1. The van der Waals surface area contributed by atoms with E-state index in [4.69, 9.17) is 11.6 Å². The predicted octanol–water partition coefficient (Wildman–Crippen LogP) is 3.14. The van der Waals surface area contributed by atoms with E-state index in [1.54, 1.807) is 12.1 Å². The monoisotopic (exact) mass is 306 g/mol. The number of carbonyl (C=O) groups is 1. The largest absolute Gasteiger partial charge is 0.506 e. The minimum atomic E-state index is -0.528. The zero-order valence-corrected chi connectivity index (χ0v) is 11.5. The maximum atomic E-state index is 11.9. The summed E-state index contributed by atoms with van der Waals surface area (Å²) in [6.45, 7) is 0. The van der Waals surface area contributed by atoms with Gasteiger partial charge in [0, 0.05) is 17.3 Å². The van der Waals surface area contributed by atoms with Crippen LogP contribution >= 0.6 is 11.6 Å². The van der Waals surface area contributed by atoms with Crippen LogP contribution in [0.15, 0.2) is 42.5 Å². The van der Waals surface area contributed by atoms with Crippen molar-refractivity contribution in [3.05, 3.63) is 63.2 Å². The molecule has 1 amide bonds. The molecular formula is C14H11ClN2O4. The Balaban J connectivity index is 2.12. The van der Waals surface area contributed by atoms with Crippen molar-refractivity contribution < 1.29 is 14.8 Å². The van der Waals surface area contributed by atoms with E-state index in [0.717, 1.165) is 0 Å². The van der Waals surface area contributed by atoms with Crippen molar-refractivity contribution in [1.82, 2.24) is 0 Å². The number of phenols is 1. The number of phenolic OH excluding ortho intramolecular Hbond substituents is 1. The van der Waals surface area contributed by atoms with Gasteiger partial charge in [0.2, 0.25) is 5.91 Å². The minimum Gasteiger partial charge on any atom is -0.506 e. The third kappa shape index (κ3) is 3.70. The van der Waals surface area contributed by atoms with E-state index in [0.29, 0.717) is 11.3 Å². The summed E-state index contributed by atoms with van der Waals surface area (Å²) in [5.41, 5.74) is 0.627. The Bertz CT molecular complexity index is 703. The number of nitro groups is 1. The maximum Gasteiger partial charge on any atom is 0.273 e. The highest BCUT2D eigenvalue weighted by molar-refractivity contribution is 6.32. The lowest BCUT2D eigenvalue weighted by atomic mass is 10.1. The van der Waals surface area contributed by atoms with Crippen molar-refractivity contribution in [2.45, 2.75) is 6.42 Å². The Hall–Kier alpha value is -2.60. The van der Waals surface area contributed by atoms with E-state index in [-0.39, 0.29) is 22.9 Å². The summed E-state index contributed by atoms with van der Waals surface area (Å²) >= 11 is 5.73. The molecule has 2 rings (SSSR count). The quantitative estimate of drug-likeness (QED) is 0.515. The van der Waals surface area contributed by atoms with E-state index >= 15 is 0 Å². The van der Waals surface area contributed by atoms with Crippen molar-refractivity contribution in [3.63, 3.8) is 0 Å². The molecule has 0 unspecified atom stereocenters. The lowest BCUT2D eigenvalue weighted by molar-refractivity contribution is -0.385. The van der Waals surface area contributed by atoms with Gasteiger partial charge in [0.15, 0.2) is 0 Å². The Morgan fingerprint density at radius 1 is 1.29 bits per heavy atom. The molecule has 0 heterocycles. The summed E-state index contributed by atoms with van der Waals surface area (Å²) in [4.78, 5) is 22.3. The molecule has 0 aromatic heterocycles. The van der Waals surface area contributed by atoms with Crippen LogP contribution in [-0.4, -0.2) is 15.9 Å².